The molecule has 0 aromatic rings. The Labute approximate surface area is 379 Å². The Hall–Kier alpha value is -1.02. The Morgan fingerprint density at radius 3 is 1.31 bits per heavy atom. The van der Waals surface area contributed by atoms with Crippen molar-refractivity contribution in [2.75, 3.05) is 40.9 Å². The zero-order chi connectivity index (χ0) is 45.0. The van der Waals surface area contributed by atoms with Gasteiger partial charge in [0.05, 0.1) is 39.9 Å². The number of phosphoric acid groups is 1. The summed E-state index contributed by atoms with van der Waals surface area (Å²) in [6.07, 6.45) is 54.1. The Balaban J connectivity index is 4.26. The van der Waals surface area contributed by atoms with Gasteiger partial charge in [-0.15, -0.1) is 0 Å². The van der Waals surface area contributed by atoms with E-state index in [0.717, 1.165) is 38.5 Å². The number of nitrogens with zero attached hydrogens (tertiary/aromatic N) is 1. The second-order valence-corrected chi connectivity index (χ2v) is 20.7. The van der Waals surface area contributed by atoms with Crippen molar-refractivity contribution in [2.24, 2.45) is 0 Å². The van der Waals surface area contributed by atoms with Crippen molar-refractivity contribution in [1.29, 1.82) is 0 Å². The predicted octanol–water partition coefficient (Wildman–Crippen LogP) is 15.3. The summed E-state index contributed by atoms with van der Waals surface area (Å²) in [5.41, 5.74) is 0. The molecule has 0 aliphatic heterocycles. The van der Waals surface area contributed by atoms with Gasteiger partial charge in [-0.3, -0.25) is 13.8 Å². The van der Waals surface area contributed by atoms with Crippen LogP contribution < -0.4 is 5.32 Å². The van der Waals surface area contributed by atoms with E-state index in [0.29, 0.717) is 17.4 Å². The van der Waals surface area contributed by atoms with Gasteiger partial charge in [0.1, 0.15) is 13.2 Å². The van der Waals surface area contributed by atoms with Gasteiger partial charge < -0.3 is 19.8 Å². The number of hydrogen-bond donors (Lipinski definition) is 3. The van der Waals surface area contributed by atoms with Crippen LogP contribution in [0, 0.1) is 0 Å². The van der Waals surface area contributed by atoms with E-state index in [1.54, 1.807) is 6.08 Å². The normalized spacial score (nSPS) is 14.3. The minimum absolute atomic E-state index is 0.0585. The first-order valence-corrected chi connectivity index (χ1v) is 27.7. The third kappa shape index (κ3) is 46.8. The summed E-state index contributed by atoms with van der Waals surface area (Å²) in [6.45, 7) is 4.82. The second-order valence-electron chi connectivity index (χ2n) is 19.3. The standard InChI is InChI=1S/C52H103N2O6P/c1-6-8-10-12-14-16-18-20-22-24-25-26-27-28-29-30-32-34-36-38-40-42-44-46-52(56)53-50(49-60-61(57,58)59-48-47-54(3,4)5)51(55)45-43-41-39-37-35-33-31-23-21-19-17-15-13-11-9-7-2/h35,37,43,45,50-51,55H,6-34,36,38-42,44,46-49H2,1-5H3,(H-,53,56,57,58)/p+1/b37-35+,45-43+. The summed E-state index contributed by atoms with van der Waals surface area (Å²) in [6, 6.07) is -0.859. The summed E-state index contributed by atoms with van der Waals surface area (Å²) in [7, 11) is 1.57. The molecule has 0 aliphatic rings. The maximum Gasteiger partial charge on any atom is 0.472 e. The largest absolute Gasteiger partial charge is 0.472 e. The van der Waals surface area contributed by atoms with E-state index < -0.39 is 20.0 Å². The van der Waals surface area contributed by atoms with Gasteiger partial charge in [0.15, 0.2) is 0 Å². The van der Waals surface area contributed by atoms with E-state index >= 15 is 0 Å². The molecule has 61 heavy (non-hydrogen) atoms. The molecule has 0 spiro atoms. The van der Waals surface area contributed by atoms with Gasteiger partial charge in [-0.1, -0.05) is 237 Å². The molecule has 0 rings (SSSR count). The first-order valence-electron chi connectivity index (χ1n) is 26.2. The molecule has 0 aromatic carbocycles. The van der Waals surface area contributed by atoms with Crippen LogP contribution in [0.25, 0.3) is 0 Å². The first-order chi connectivity index (χ1) is 29.5. The lowest BCUT2D eigenvalue weighted by Gasteiger charge is -2.25. The van der Waals surface area contributed by atoms with Gasteiger partial charge in [0.25, 0.3) is 0 Å². The molecule has 3 atom stereocenters. The Morgan fingerprint density at radius 1 is 0.541 bits per heavy atom. The molecule has 1 amide bonds. The minimum atomic E-state index is -4.35. The lowest BCUT2D eigenvalue weighted by atomic mass is 10.0. The van der Waals surface area contributed by atoms with Crippen molar-refractivity contribution < 1.29 is 32.9 Å². The number of amides is 1. The number of carbonyl (C=O) groups is 1. The zero-order valence-electron chi connectivity index (χ0n) is 41.2. The van der Waals surface area contributed by atoms with Crippen molar-refractivity contribution in [2.45, 2.75) is 264 Å². The van der Waals surface area contributed by atoms with E-state index in [9.17, 15) is 19.4 Å². The fourth-order valence-electron chi connectivity index (χ4n) is 7.77. The molecule has 8 nitrogen and oxygen atoms in total. The number of likely N-dealkylation sites (N-methyl/N-ethyl adjacent to an activating group) is 1. The maximum atomic E-state index is 12.9. The van der Waals surface area contributed by atoms with Crippen molar-refractivity contribution in [1.82, 2.24) is 5.32 Å². The van der Waals surface area contributed by atoms with Crippen molar-refractivity contribution in [3.05, 3.63) is 24.3 Å². The number of unbranched alkanes of at least 4 members (excludes halogenated alkanes) is 33. The van der Waals surface area contributed by atoms with Crippen LogP contribution in [-0.2, 0) is 18.4 Å². The molecule has 0 aliphatic carbocycles. The first kappa shape index (κ1) is 60.0. The van der Waals surface area contributed by atoms with Gasteiger partial charge in [-0.05, 0) is 32.1 Å². The van der Waals surface area contributed by atoms with E-state index in [1.165, 1.54) is 193 Å². The highest BCUT2D eigenvalue weighted by Crippen LogP contribution is 2.43. The number of aliphatic hydroxyl groups is 1. The summed E-state index contributed by atoms with van der Waals surface area (Å²) in [5, 5.41) is 13.9. The molecule has 0 bridgehead atoms. The quantitative estimate of drug-likeness (QED) is 0.0243. The highest BCUT2D eigenvalue weighted by molar-refractivity contribution is 7.47. The number of hydrogen-bond acceptors (Lipinski definition) is 5. The topological polar surface area (TPSA) is 105 Å². The minimum Gasteiger partial charge on any atom is -0.387 e. The van der Waals surface area contributed by atoms with E-state index in [-0.39, 0.29) is 19.1 Å². The Morgan fingerprint density at radius 2 is 0.902 bits per heavy atom. The van der Waals surface area contributed by atoms with Crippen LogP contribution >= 0.6 is 7.82 Å². The third-order valence-electron chi connectivity index (χ3n) is 11.9. The molecule has 0 aromatic heterocycles. The highest BCUT2D eigenvalue weighted by Gasteiger charge is 2.27. The lowest BCUT2D eigenvalue weighted by Crippen LogP contribution is -2.45. The molecule has 3 N–H and O–H groups in total. The molecule has 0 fully saturated rings. The van der Waals surface area contributed by atoms with E-state index in [2.05, 4.69) is 31.3 Å². The molecule has 0 heterocycles. The number of nitrogens with one attached hydrogen (secondary N) is 1. The molecule has 0 saturated carbocycles. The second kappa shape index (κ2) is 44.2. The maximum absolute atomic E-state index is 12.9. The summed E-state index contributed by atoms with van der Waals surface area (Å²) >= 11 is 0. The van der Waals surface area contributed by atoms with Crippen LogP contribution in [0.3, 0.4) is 0 Å². The fourth-order valence-corrected chi connectivity index (χ4v) is 8.50. The van der Waals surface area contributed by atoms with Crippen LogP contribution in [0.2, 0.25) is 0 Å². The molecule has 0 radical (unpaired) electrons. The van der Waals surface area contributed by atoms with E-state index in [1.807, 2.05) is 27.2 Å². The van der Waals surface area contributed by atoms with Crippen LogP contribution in [0.5, 0.6) is 0 Å². The number of allylic oxidation sites excluding steroid dienone is 3. The SMILES string of the molecule is CCCCCCCCCCCC/C=C/CC/C=C/C(O)C(COP(=O)(O)OCC[N+](C)(C)C)NC(=O)CCCCCCCCCCCCCCCCCCCCCCCCC. The zero-order valence-corrected chi connectivity index (χ0v) is 42.1. The highest BCUT2D eigenvalue weighted by atomic mass is 31.2. The molecule has 0 saturated heterocycles. The Bertz CT molecular complexity index is 1050. The predicted molar refractivity (Wildman–Crippen MR) is 263 cm³/mol. The smallest absolute Gasteiger partial charge is 0.387 e. The lowest BCUT2D eigenvalue weighted by molar-refractivity contribution is -0.870. The molecule has 3 unspecified atom stereocenters. The Kier molecular flexibility index (Phi) is 43.5. The molecular weight excluding hydrogens is 780 g/mol. The summed E-state index contributed by atoms with van der Waals surface area (Å²) in [4.78, 5) is 23.2. The molecular formula is C52H104N2O6P+. The van der Waals surface area contributed by atoms with Crippen LogP contribution in [-0.4, -0.2) is 73.4 Å². The van der Waals surface area contributed by atoms with E-state index in [4.69, 9.17) is 9.05 Å². The average Bonchev–Trinajstić information content (AvgIpc) is 3.21. The van der Waals surface area contributed by atoms with Crippen LogP contribution in [0.15, 0.2) is 24.3 Å². The van der Waals surface area contributed by atoms with Gasteiger partial charge in [0, 0.05) is 6.42 Å². The van der Waals surface area contributed by atoms with Crippen LogP contribution in [0.1, 0.15) is 251 Å². The average molecular weight is 884 g/mol. The number of carbonyl (C=O) groups excluding carboxylic acids is 1. The van der Waals surface area contributed by atoms with Crippen LogP contribution in [0.4, 0.5) is 0 Å². The molecule has 9 heteroatoms. The van der Waals surface area contributed by atoms with Crippen molar-refractivity contribution in [3.63, 3.8) is 0 Å². The van der Waals surface area contributed by atoms with Gasteiger partial charge in [0.2, 0.25) is 5.91 Å². The number of quaternary nitrogens is 1. The fraction of sp³-hybridized carbons (Fsp3) is 0.904. The van der Waals surface area contributed by atoms with Crippen molar-refractivity contribution in [3.8, 4) is 0 Å². The number of phosphoric ester groups is 1. The third-order valence-corrected chi connectivity index (χ3v) is 12.9. The summed E-state index contributed by atoms with van der Waals surface area (Å²) in [5.74, 6) is -0.182. The van der Waals surface area contributed by atoms with Crippen molar-refractivity contribution >= 4 is 13.7 Å². The summed E-state index contributed by atoms with van der Waals surface area (Å²) < 4.78 is 23.6. The van der Waals surface area contributed by atoms with Gasteiger partial charge in [-0.25, -0.2) is 4.57 Å². The monoisotopic (exact) mass is 884 g/mol. The molecule has 362 valence electrons. The van der Waals surface area contributed by atoms with Gasteiger partial charge >= 0.3 is 7.82 Å². The number of rotatable bonds is 48. The number of aliphatic hydroxyl groups excluding tert-OH is 1. The van der Waals surface area contributed by atoms with Gasteiger partial charge in [-0.2, -0.15) is 0 Å².